The largest absolute Gasteiger partial charge is 0.495 e. The smallest absolute Gasteiger partial charge is 0.244 e. The number of halogens is 1. The van der Waals surface area contributed by atoms with E-state index < -0.39 is 34.1 Å². The Morgan fingerprint density at radius 3 is 2.24 bits per heavy atom. The van der Waals surface area contributed by atoms with E-state index in [2.05, 4.69) is 5.32 Å². The Morgan fingerprint density at radius 1 is 1.09 bits per heavy atom. The number of para-hydroxylation sites is 2. The van der Waals surface area contributed by atoms with Crippen molar-refractivity contribution in [3.8, 4) is 5.75 Å². The molecule has 0 saturated carbocycles. The number of anilines is 1. The monoisotopic (exact) mass is 509 g/mol. The van der Waals surface area contributed by atoms with E-state index in [4.69, 9.17) is 16.3 Å². The first-order valence-corrected chi connectivity index (χ1v) is 12.9. The standard InChI is InChI=1S/C24H32ClN3O5S/c1-17(23(30)26-24(2,3)4)27(15-18-11-7-8-12-19(18)25)22(29)16-28(34(6,31)32)20-13-9-10-14-21(20)33-5/h7-14,17H,15-16H2,1-6H3,(H,26,30)/t17-/m0/s1. The van der Waals surface area contributed by atoms with Gasteiger partial charge in [0.05, 0.1) is 19.1 Å². The number of hydrogen-bond acceptors (Lipinski definition) is 5. The molecule has 0 spiro atoms. The highest BCUT2D eigenvalue weighted by atomic mass is 35.5. The minimum absolute atomic E-state index is 0.0285. The third-order valence-electron chi connectivity index (χ3n) is 5.00. The maximum absolute atomic E-state index is 13.6. The number of benzene rings is 2. The molecule has 1 N–H and O–H groups in total. The fourth-order valence-electron chi connectivity index (χ4n) is 3.30. The van der Waals surface area contributed by atoms with E-state index in [0.29, 0.717) is 16.3 Å². The molecule has 0 aliphatic carbocycles. The molecule has 2 aromatic carbocycles. The summed E-state index contributed by atoms with van der Waals surface area (Å²) in [5.41, 5.74) is 0.349. The van der Waals surface area contributed by atoms with Crippen molar-refractivity contribution < 1.29 is 22.7 Å². The molecule has 10 heteroatoms. The van der Waals surface area contributed by atoms with Gasteiger partial charge < -0.3 is 15.0 Å². The van der Waals surface area contributed by atoms with Crippen LogP contribution in [0.15, 0.2) is 48.5 Å². The quantitative estimate of drug-likeness (QED) is 0.558. The van der Waals surface area contributed by atoms with E-state index in [1.165, 1.54) is 12.0 Å². The van der Waals surface area contributed by atoms with Gasteiger partial charge in [0.25, 0.3) is 0 Å². The van der Waals surface area contributed by atoms with Crippen LogP contribution in [0.25, 0.3) is 0 Å². The molecule has 0 fully saturated rings. The summed E-state index contributed by atoms with van der Waals surface area (Å²) >= 11 is 6.32. The lowest BCUT2D eigenvalue weighted by Crippen LogP contribution is -2.54. The molecule has 0 aliphatic heterocycles. The summed E-state index contributed by atoms with van der Waals surface area (Å²) < 4.78 is 31.6. The van der Waals surface area contributed by atoms with Gasteiger partial charge in [-0.05, 0) is 51.5 Å². The maximum atomic E-state index is 13.6. The molecule has 0 radical (unpaired) electrons. The second-order valence-corrected chi connectivity index (χ2v) is 11.3. The zero-order valence-electron chi connectivity index (χ0n) is 20.3. The average Bonchev–Trinajstić information content (AvgIpc) is 2.74. The van der Waals surface area contributed by atoms with Crippen molar-refractivity contribution in [1.29, 1.82) is 0 Å². The predicted octanol–water partition coefficient (Wildman–Crippen LogP) is 3.45. The minimum Gasteiger partial charge on any atom is -0.495 e. The van der Waals surface area contributed by atoms with Gasteiger partial charge in [-0.15, -0.1) is 0 Å². The highest BCUT2D eigenvalue weighted by molar-refractivity contribution is 7.92. The summed E-state index contributed by atoms with van der Waals surface area (Å²) in [5.74, 6) is -0.624. The van der Waals surface area contributed by atoms with Gasteiger partial charge in [-0.2, -0.15) is 0 Å². The van der Waals surface area contributed by atoms with Crippen molar-refractivity contribution in [2.24, 2.45) is 0 Å². The van der Waals surface area contributed by atoms with Crippen LogP contribution in [0.1, 0.15) is 33.3 Å². The number of sulfonamides is 1. The lowest BCUT2D eigenvalue weighted by Gasteiger charge is -2.33. The molecule has 0 heterocycles. The molecule has 0 aliphatic rings. The van der Waals surface area contributed by atoms with Crippen LogP contribution in [-0.2, 0) is 26.2 Å². The van der Waals surface area contributed by atoms with Gasteiger partial charge in [0, 0.05) is 17.1 Å². The lowest BCUT2D eigenvalue weighted by molar-refractivity contribution is -0.140. The Labute approximate surface area is 206 Å². The van der Waals surface area contributed by atoms with Crippen molar-refractivity contribution in [1.82, 2.24) is 10.2 Å². The number of nitrogens with zero attached hydrogens (tertiary/aromatic N) is 2. The molecule has 2 rings (SSSR count). The number of rotatable bonds is 9. The summed E-state index contributed by atoms with van der Waals surface area (Å²) in [6.07, 6.45) is 1.01. The predicted molar refractivity (Wildman–Crippen MR) is 135 cm³/mol. The number of carbonyl (C=O) groups is 2. The zero-order chi connectivity index (χ0) is 25.7. The second-order valence-electron chi connectivity index (χ2n) is 8.97. The molecule has 34 heavy (non-hydrogen) atoms. The Kier molecular flexibility index (Phi) is 8.96. The lowest BCUT2D eigenvalue weighted by atomic mass is 10.1. The third-order valence-corrected chi connectivity index (χ3v) is 6.49. The molecule has 0 aromatic heterocycles. The summed E-state index contributed by atoms with van der Waals surface area (Å²) in [4.78, 5) is 27.8. The van der Waals surface area contributed by atoms with Crippen LogP contribution in [0.4, 0.5) is 5.69 Å². The van der Waals surface area contributed by atoms with Gasteiger partial charge in [-0.3, -0.25) is 13.9 Å². The normalized spacial score (nSPS) is 12.6. The fraction of sp³-hybridized carbons (Fsp3) is 0.417. The topological polar surface area (TPSA) is 96.0 Å². The molecule has 0 unspecified atom stereocenters. The number of amides is 2. The second kappa shape index (κ2) is 11.1. The highest BCUT2D eigenvalue weighted by Gasteiger charge is 2.32. The van der Waals surface area contributed by atoms with Crippen molar-refractivity contribution in [2.45, 2.75) is 45.8 Å². The Morgan fingerprint density at radius 2 is 1.68 bits per heavy atom. The van der Waals surface area contributed by atoms with Crippen LogP contribution in [0.5, 0.6) is 5.75 Å². The van der Waals surface area contributed by atoms with Crippen molar-refractivity contribution in [3.05, 3.63) is 59.1 Å². The third kappa shape index (κ3) is 7.36. The zero-order valence-corrected chi connectivity index (χ0v) is 21.9. The highest BCUT2D eigenvalue weighted by Crippen LogP contribution is 2.30. The van der Waals surface area contributed by atoms with Gasteiger partial charge in [0.15, 0.2) is 0 Å². The summed E-state index contributed by atoms with van der Waals surface area (Å²) in [7, 11) is -2.44. The van der Waals surface area contributed by atoms with Crippen LogP contribution in [0, 0.1) is 0 Å². The number of methoxy groups -OCH3 is 1. The molecule has 186 valence electrons. The molecule has 8 nitrogen and oxygen atoms in total. The van der Waals surface area contributed by atoms with Gasteiger partial charge in [0.1, 0.15) is 18.3 Å². The van der Waals surface area contributed by atoms with Gasteiger partial charge in [-0.25, -0.2) is 8.42 Å². The summed E-state index contributed by atoms with van der Waals surface area (Å²) in [6.45, 7) is 6.63. The first-order chi connectivity index (χ1) is 15.7. The van der Waals surface area contributed by atoms with E-state index in [1.54, 1.807) is 55.5 Å². The van der Waals surface area contributed by atoms with E-state index in [-0.39, 0.29) is 18.1 Å². The van der Waals surface area contributed by atoms with Gasteiger partial charge in [-0.1, -0.05) is 41.9 Å². The number of hydrogen-bond donors (Lipinski definition) is 1. The minimum atomic E-state index is -3.86. The summed E-state index contributed by atoms with van der Waals surface area (Å²) in [5, 5.41) is 3.31. The first kappa shape index (κ1) is 27.5. The number of nitrogens with one attached hydrogen (secondary N) is 1. The molecule has 1 atom stereocenters. The van der Waals surface area contributed by atoms with E-state index in [9.17, 15) is 18.0 Å². The van der Waals surface area contributed by atoms with Crippen LogP contribution in [-0.4, -0.2) is 56.6 Å². The molecular weight excluding hydrogens is 478 g/mol. The SMILES string of the molecule is COc1ccccc1N(CC(=O)N(Cc1ccccc1Cl)[C@@H](C)C(=O)NC(C)(C)C)S(C)(=O)=O. The molecular formula is C24H32ClN3O5S. The van der Waals surface area contributed by atoms with Crippen LogP contribution >= 0.6 is 11.6 Å². The van der Waals surface area contributed by atoms with E-state index in [0.717, 1.165) is 10.6 Å². The fourth-order valence-corrected chi connectivity index (χ4v) is 4.35. The van der Waals surface area contributed by atoms with Crippen LogP contribution in [0.3, 0.4) is 0 Å². The van der Waals surface area contributed by atoms with Crippen LogP contribution in [0.2, 0.25) is 5.02 Å². The van der Waals surface area contributed by atoms with Gasteiger partial charge in [0.2, 0.25) is 21.8 Å². The first-order valence-electron chi connectivity index (χ1n) is 10.7. The maximum Gasteiger partial charge on any atom is 0.244 e. The number of ether oxygens (including phenoxy) is 1. The average molecular weight is 510 g/mol. The Balaban J connectivity index is 2.46. The number of carbonyl (C=O) groups excluding carboxylic acids is 2. The Hall–Kier alpha value is -2.78. The van der Waals surface area contributed by atoms with Gasteiger partial charge >= 0.3 is 0 Å². The molecule has 2 amide bonds. The van der Waals surface area contributed by atoms with E-state index >= 15 is 0 Å². The Bertz CT molecular complexity index is 1130. The molecule has 0 bridgehead atoms. The molecule has 2 aromatic rings. The van der Waals surface area contributed by atoms with Crippen molar-refractivity contribution in [2.75, 3.05) is 24.2 Å². The van der Waals surface area contributed by atoms with E-state index in [1.807, 2.05) is 20.8 Å². The summed E-state index contributed by atoms with van der Waals surface area (Å²) in [6, 6.07) is 12.6. The van der Waals surface area contributed by atoms with Crippen LogP contribution < -0.4 is 14.4 Å². The van der Waals surface area contributed by atoms with Crippen molar-refractivity contribution >= 4 is 39.1 Å². The molecule has 0 saturated heterocycles. The van der Waals surface area contributed by atoms with Crippen molar-refractivity contribution in [3.63, 3.8) is 0 Å².